The summed E-state index contributed by atoms with van der Waals surface area (Å²) < 4.78 is 41.5. The summed E-state index contributed by atoms with van der Waals surface area (Å²) in [6.07, 6.45) is -1.63. The second kappa shape index (κ2) is 8.57. The number of hydrogen-bond donors (Lipinski definition) is 1. The minimum absolute atomic E-state index is 0.0627. The van der Waals surface area contributed by atoms with Crippen molar-refractivity contribution in [2.45, 2.75) is 12.7 Å². The average molecular weight is 495 g/mol. The number of anilines is 1. The Morgan fingerprint density at radius 1 is 1.12 bits per heavy atom. The van der Waals surface area contributed by atoms with Crippen molar-refractivity contribution >= 4 is 45.8 Å². The van der Waals surface area contributed by atoms with E-state index in [1.807, 2.05) is 0 Å². The molecule has 11 heteroatoms. The molecule has 0 unspecified atom stereocenters. The summed E-state index contributed by atoms with van der Waals surface area (Å²) in [5.74, 6) is -0.730. The zero-order chi connectivity index (χ0) is 23.9. The van der Waals surface area contributed by atoms with E-state index in [0.29, 0.717) is 16.1 Å². The molecular formula is C22H15Cl2F3N4O2. The molecule has 1 amide bonds. The second-order valence-electron chi connectivity index (χ2n) is 7.28. The van der Waals surface area contributed by atoms with Gasteiger partial charge in [-0.15, -0.1) is 0 Å². The molecule has 2 aromatic heterocycles. The number of fused-ring (bicyclic) bond motifs is 1. The Bertz CT molecular complexity index is 1430. The van der Waals surface area contributed by atoms with Crippen LogP contribution in [0.1, 0.15) is 5.56 Å². The van der Waals surface area contributed by atoms with Crippen LogP contribution in [-0.4, -0.2) is 20.0 Å². The van der Waals surface area contributed by atoms with Gasteiger partial charge in [-0.2, -0.15) is 13.2 Å². The van der Waals surface area contributed by atoms with Crippen molar-refractivity contribution in [3.05, 3.63) is 81.0 Å². The maximum absolute atomic E-state index is 13.0. The van der Waals surface area contributed by atoms with Gasteiger partial charge in [0.1, 0.15) is 17.6 Å². The lowest BCUT2D eigenvalue weighted by molar-refractivity contribution is -0.137. The summed E-state index contributed by atoms with van der Waals surface area (Å²) in [6, 6.07) is 9.64. The van der Waals surface area contributed by atoms with Crippen molar-refractivity contribution in [1.29, 1.82) is 0 Å². The molecule has 33 heavy (non-hydrogen) atoms. The first-order valence-electron chi connectivity index (χ1n) is 9.51. The number of halogens is 5. The lowest BCUT2D eigenvalue weighted by Gasteiger charge is -2.12. The third-order valence-corrected chi connectivity index (χ3v) is 5.56. The predicted molar refractivity (Wildman–Crippen MR) is 121 cm³/mol. The van der Waals surface area contributed by atoms with Crippen molar-refractivity contribution in [1.82, 2.24) is 14.1 Å². The third kappa shape index (κ3) is 4.60. The van der Waals surface area contributed by atoms with E-state index in [4.69, 9.17) is 23.2 Å². The molecule has 0 spiro atoms. The number of carbonyl (C=O) groups is 1. The summed E-state index contributed by atoms with van der Waals surface area (Å²) in [6.45, 7) is -0.462. The van der Waals surface area contributed by atoms with Crippen molar-refractivity contribution in [3.63, 3.8) is 0 Å². The molecule has 2 aromatic carbocycles. The van der Waals surface area contributed by atoms with Gasteiger partial charge in [0, 0.05) is 23.8 Å². The van der Waals surface area contributed by atoms with E-state index in [0.717, 1.165) is 28.3 Å². The highest BCUT2D eigenvalue weighted by Gasteiger charge is 2.31. The van der Waals surface area contributed by atoms with Crippen molar-refractivity contribution in [2.75, 3.05) is 5.32 Å². The van der Waals surface area contributed by atoms with E-state index in [1.54, 1.807) is 42.1 Å². The summed E-state index contributed by atoms with van der Waals surface area (Å²) in [4.78, 5) is 29.8. The van der Waals surface area contributed by atoms with Gasteiger partial charge in [0.05, 0.1) is 22.6 Å². The topological polar surface area (TPSA) is 68.9 Å². The van der Waals surface area contributed by atoms with E-state index in [-0.39, 0.29) is 16.2 Å². The normalized spacial score (nSPS) is 11.7. The number of nitrogens with one attached hydrogen (secondary N) is 1. The van der Waals surface area contributed by atoms with Crippen LogP contribution < -0.4 is 10.9 Å². The lowest BCUT2D eigenvalue weighted by atomic mass is 10.1. The van der Waals surface area contributed by atoms with Crippen LogP contribution in [0.4, 0.5) is 18.9 Å². The Morgan fingerprint density at radius 2 is 1.82 bits per heavy atom. The Balaban J connectivity index is 1.63. The van der Waals surface area contributed by atoms with Gasteiger partial charge in [0.2, 0.25) is 5.91 Å². The molecule has 0 saturated heterocycles. The molecule has 2 heterocycles. The molecule has 0 aliphatic rings. The number of benzene rings is 2. The van der Waals surface area contributed by atoms with E-state index in [2.05, 4.69) is 10.3 Å². The third-order valence-electron chi connectivity index (χ3n) is 4.98. The highest BCUT2D eigenvalue weighted by Crippen LogP contribution is 2.34. The van der Waals surface area contributed by atoms with Gasteiger partial charge in [-0.1, -0.05) is 35.3 Å². The number of aryl methyl sites for hydroxylation is 1. The minimum Gasteiger partial charge on any atom is -0.344 e. The molecule has 170 valence electrons. The molecule has 4 rings (SSSR count). The summed E-state index contributed by atoms with van der Waals surface area (Å²) in [7, 11) is 1.68. The largest absolute Gasteiger partial charge is 0.416 e. The first-order valence-corrected chi connectivity index (χ1v) is 10.3. The number of amides is 1. The number of rotatable bonds is 4. The fourth-order valence-corrected chi connectivity index (χ4v) is 3.70. The van der Waals surface area contributed by atoms with Gasteiger partial charge in [-0.25, -0.2) is 4.98 Å². The maximum atomic E-state index is 13.0. The van der Waals surface area contributed by atoms with E-state index >= 15 is 0 Å². The SMILES string of the molecule is Cn1cc(-c2ccc(Cl)cc2)c2ncn(CC(=O)Nc3cc(C(F)(F)F)ccc3Cl)c(=O)c21. The van der Waals surface area contributed by atoms with E-state index in [1.165, 1.54) is 6.33 Å². The summed E-state index contributed by atoms with van der Waals surface area (Å²) in [5.41, 5.74) is 0.603. The quantitative estimate of drug-likeness (QED) is 0.414. The maximum Gasteiger partial charge on any atom is 0.416 e. The summed E-state index contributed by atoms with van der Waals surface area (Å²) >= 11 is 11.9. The second-order valence-corrected chi connectivity index (χ2v) is 8.12. The van der Waals surface area contributed by atoms with Gasteiger partial charge in [0.25, 0.3) is 5.56 Å². The van der Waals surface area contributed by atoms with Crippen LogP contribution in [0.5, 0.6) is 0 Å². The number of carbonyl (C=O) groups excluding carboxylic acids is 1. The Labute approximate surface area is 195 Å². The zero-order valence-corrected chi connectivity index (χ0v) is 18.5. The van der Waals surface area contributed by atoms with Gasteiger partial charge in [0.15, 0.2) is 0 Å². The van der Waals surface area contributed by atoms with Crippen LogP contribution in [0, 0.1) is 0 Å². The number of nitrogens with zero attached hydrogens (tertiary/aromatic N) is 3. The standard InChI is InChI=1S/C22H15Cl2F3N4O2/c1-30-9-15(12-2-5-14(23)6-3-12)19-20(30)21(33)31(11-28-19)10-18(32)29-17-8-13(22(25,26)27)4-7-16(17)24/h2-9,11H,10H2,1H3,(H,29,32). The fourth-order valence-electron chi connectivity index (χ4n) is 3.41. The van der Waals surface area contributed by atoms with Gasteiger partial charge >= 0.3 is 6.18 Å². The molecule has 0 aliphatic heterocycles. The summed E-state index contributed by atoms with van der Waals surface area (Å²) in [5, 5.41) is 2.83. The predicted octanol–water partition coefficient (Wildman–Crippen LogP) is 5.37. The van der Waals surface area contributed by atoms with Crippen molar-refractivity contribution in [3.8, 4) is 11.1 Å². The Morgan fingerprint density at radius 3 is 2.48 bits per heavy atom. The average Bonchev–Trinajstić information content (AvgIpc) is 3.08. The van der Waals surface area contributed by atoms with E-state index < -0.39 is 29.8 Å². The van der Waals surface area contributed by atoms with Crippen molar-refractivity contribution in [2.24, 2.45) is 7.05 Å². The zero-order valence-electron chi connectivity index (χ0n) is 17.0. The first-order chi connectivity index (χ1) is 15.5. The molecular weight excluding hydrogens is 480 g/mol. The van der Waals surface area contributed by atoms with Crippen LogP contribution in [0.3, 0.4) is 0 Å². The lowest BCUT2D eigenvalue weighted by Crippen LogP contribution is -2.28. The number of alkyl halides is 3. The monoisotopic (exact) mass is 494 g/mol. The molecule has 0 aliphatic carbocycles. The molecule has 0 radical (unpaired) electrons. The first kappa shape index (κ1) is 22.9. The Kier molecular flexibility index (Phi) is 5.94. The van der Waals surface area contributed by atoms with Gasteiger partial charge in [-0.05, 0) is 35.9 Å². The molecule has 0 saturated carbocycles. The van der Waals surface area contributed by atoms with Crippen LogP contribution in [0.25, 0.3) is 22.2 Å². The molecule has 0 fully saturated rings. The highest BCUT2D eigenvalue weighted by atomic mass is 35.5. The van der Waals surface area contributed by atoms with Gasteiger partial charge in [-0.3, -0.25) is 14.2 Å². The van der Waals surface area contributed by atoms with E-state index in [9.17, 15) is 22.8 Å². The number of hydrogen-bond acceptors (Lipinski definition) is 3. The van der Waals surface area contributed by atoms with Crippen LogP contribution in [-0.2, 0) is 24.6 Å². The van der Waals surface area contributed by atoms with Crippen LogP contribution in [0.15, 0.2) is 59.8 Å². The molecule has 4 aromatic rings. The highest BCUT2D eigenvalue weighted by molar-refractivity contribution is 6.33. The Hall–Kier alpha value is -3.30. The molecule has 0 atom stereocenters. The fraction of sp³-hybridized carbons (Fsp3) is 0.136. The smallest absolute Gasteiger partial charge is 0.344 e. The van der Waals surface area contributed by atoms with Crippen LogP contribution in [0.2, 0.25) is 10.0 Å². The number of aromatic nitrogens is 3. The molecule has 0 bridgehead atoms. The van der Waals surface area contributed by atoms with Crippen molar-refractivity contribution < 1.29 is 18.0 Å². The molecule has 6 nitrogen and oxygen atoms in total. The van der Waals surface area contributed by atoms with Crippen LogP contribution >= 0.6 is 23.2 Å². The minimum atomic E-state index is -4.59. The molecule has 1 N–H and O–H groups in total. The van der Waals surface area contributed by atoms with Gasteiger partial charge < -0.3 is 9.88 Å².